The van der Waals surface area contributed by atoms with Gasteiger partial charge < -0.3 is 9.52 Å². The second kappa shape index (κ2) is 3.13. The van der Waals surface area contributed by atoms with Crippen molar-refractivity contribution in [2.24, 2.45) is 17.8 Å². The van der Waals surface area contributed by atoms with Crippen molar-refractivity contribution in [1.82, 2.24) is 0 Å². The summed E-state index contributed by atoms with van der Waals surface area (Å²) in [4.78, 5) is 0. The van der Waals surface area contributed by atoms with Crippen LogP contribution in [-0.4, -0.2) is 5.11 Å². The van der Waals surface area contributed by atoms with Crippen LogP contribution in [-0.2, 0) is 0 Å². The quantitative estimate of drug-likeness (QED) is 0.781. The van der Waals surface area contributed by atoms with E-state index in [4.69, 9.17) is 4.42 Å². The molecule has 14 heavy (non-hydrogen) atoms. The molecule has 0 aromatic carbocycles. The molecule has 3 unspecified atom stereocenters. The number of aliphatic hydroxyl groups is 1. The van der Waals surface area contributed by atoms with Gasteiger partial charge in [-0.05, 0) is 36.7 Å². The van der Waals surface area contributed by atoms with E-state index in [9.17, 15) is 5.11 Å². The number of furan rings is 1. The molecule has 3 rings (SSSR count). The van der Waals surface area contributed by atoms with Crippen molar-refractivity contribution < 1.29 is 9.52 Å². The van der Waals surface area contributed by atoms with Gasteiger partial charge in [0.15, 0.2) is 0 Å². The average Bonchev–Trinajstić information content (AvgIpc) is 2.70. The first-order chi connectivity index (χ1) is 6.88. The van der Waals surface area contributed by atoms with Gasteiger partial charge in [0.25, 0.3) is 0 Å². The van der Waals surface area contributed by atoms with E-state index in [2.05, 4.69) is 0 Å². The van der Waals surface area contributed by atoms with Crippen LogP contribution in [0.3, 0.4) is 0 Å². The largest absolute Gasteiger partial charge is 0.472 e. The van der Waals surface area contributed by atoms with Crippen LogP contribution in [0.15, 0.2) is 23.0 Å². The fourth-order valence-electron chi connectivity index (χ4n) is 3.18. The topological polar surface area (TPSA) is 33.4 Å². The number of aliphatic hydroxyl groups excluding tert-OH is 1. The van der Waals surface area contributed by atoms with Gasteiger partial charge in [-0.25, -0.2) is 0 Å². The van der Waals surface area contributed by atoms with Gasteiger partial charge in [-0.15, -0.1) is 0 Å². The van der Waals surface area contributed by atoms with Gasteiger partial charge in [0.1, 0.15) is 0 Å². The Hall–Kier alpha value is -0.760. The highest BCUT2D eigenvalue weighted by atomic mass is 16.3. The Labute approximate surface area is 83.9 Å². The molecule has 2 fully saturated rings. The molecule has 1 N–H and O–H groups in total. The lowest BCUT2D eigenvalue weighted by molar-refractivity contribution is 0.141. The van der Waals surface area contributed by atoms with E-state index in [1.165, 1.54) is 25.7 Å². The predicted molar refractivity (Wildman–Crippen MR) is 52.6 cm³/mol. The Morgan fingerprint density at radius 2 is 2.00 bits per heavy atom. The average molecular weight is 192 g/mol. The Balaban J connectivity index is 1.72. The van der Waals surface area contributed by atoms with E-state index in [1.54, 1.807) is 12.5 Å². The number of hydrogen-bond acceptors (Lipinski definition) is 2. The molecule has 0 saturated heterocycles. The minimum atomic E-state index is -0.276. The Morgan fingerprint density at radius 3 is 2.57 bits per heavy atom. The molecule has 3 atom stereocenters. The van der Waals surface area contributed by atoms with Gasteiger partial charge in [-0.3, -0.25) is 0 Å². The van der Waals surface area contributed by atoms with E-state index in [0.717, 1.165) is 17.4 Å². The van der Waals surface area contributed by atoms with Gasteiger partial charge in [0, 0.05) is 5.56 Å². The molecule has 0 aliphatic heterocycles. The SMILES string of the molecule is OC(c1ccoc1)C1C2CCCCC21. The van der Waals surface area contributed by atoms with Crippen LogP contribution in [0.4, 0.5) is 0 Å². The van der Waals surface area contributed by atoms with Gasteiger partial charge in [-0.2, -0.15) is 0 Å². The van der Waals surface area contributed by atoms with Crippen molar-refractivity contribution >= 4 is 0 Å². The minimum Gasteiger partial charge on any atom is -0.472 e. The fraction of sp³-hybridized carbons (Fsp3) is 0.667. The molecular weight excluding hydrogens is 176 g/mol. The second-order valence-electron chi connectivity index (χ2n) is 4.69. The van der Waals surface area contributed by atoms with Crippen LogP contribution >= 0.6 is 0 Å². The molecule has 2 aliphatic rings. The Kier molecular flexibility index (Phi) is 1.91. The highest BCUT2D eigenvalue weighted by Crippen LogP contribution is 2.60. The maximum Gasteiger partial charge on any atom is 0.0960 e. The first-order valence-electron chi connectivity index (χ1n) is 5.58. The van der Waals surface area contributed by atoms with Gasteiger partial charge in [0.05, 0.1) is 18.6 Å². The molecule has 2 aliphatic carbocycles. The highest BCUT2D eigenvalue weighted by molar-refractivity contribution is 5.16. The summed E-state index contributed by atoms with van der Waals surface area (Å²) in [5.41, 5.74) is 0.962. The molecule has 2 nitrogen and oxygen atoms in total. The van der Waals surface area contributed by atoms with Crippen LogP contribution in [0, 0.1) is 17.8 Å². The lowest BCUT2D eigenvalue weighted by atomic mass is 10.0. The smallest absolute Gasteiger partial charge is 0.0960 e. The summed E-state index contributed by atoms with van der Waals surface area (Å²) < 4.78 is 5.01. The third kappa shape index (κ3) is 1.21. The highest BCUT2D eigenvalue weighted by Gasteiger charge is 2.54. The van der Waals surface area contributed by atoms with Crippen molar-refractivity contribution in [3.63, 3.8) is 0 Å². The van der Waals surface area contributed by atoms with Gasteiger partial charge in [0.2, 0.25) is 0 Å². The van der Waals surface area contributed by atoms with E-state index < -0.39 is 0 Å². The van der Waals surface area contributed by atoms with Crippen LogP contribution in [0.2, 0.25) is 0 Å². The van der Waals surface area contributed by atoms with Crippen LogP contribution in [0.1, 0.15) is 37.4 Å². The zero-order valence-corrected chi connectivity index (χ0v) is 8.23. The zero-order chi connectivity index (χ0) is 9.54. The summed E-state index contributed by atoms with van der Waals surface area (Å²) >= 11 is 0. The van der Waals surface area contributed by atoms with Crippen molar-refractivity contribution in [3.05, 3.63) is 24.2 Å². The van der Waals surface area contributed by atoms with Gasteiger partial charge in [-0.1, -0.05) is 12.8 Å². The van der Waals surface area contributed by atoms with Crippen molar-refractivity contribution in [2.45, 2.75) is 31.8 Å². The molecule has 1 aromatic rings. The summed E-state index contributed by atoms with van der Waals surface area (Å²) in [6.07, 6.45) is 8.40. The minimum absolute atomic E-state index is 0.276. The molecule has 0 bridgehead atoms. The standard InChI is InChI=1S/C12H16O2/c13-12(8-5-6-14-7-8)11-9-3-1-2-4-10(9)11/h5-7,9-13H,1-4H2. The monoisotopic (exact) mass is 192 g/mol. The van der Waals surface area contributed by atoms with Crippen LogP contribution in [0.5, 0.6) is 0 Å². The summed E-state index contributed by atoms with van der Waals surface area (Å²) in [6, 6.07) is 1.88. The van der Waals surface area contributed by atoms with Crippen LogP contribution in [0.25, 0.3) is 0 Å². The van der Waals surface area contributed by atoms with Crippen molar-refractivity contribution in [2.75, 3.05) is 0 Å². The summed E-state index contributed by atoms with van der Waals surface area (Å²) in [7, 11) is 0. The Morgan fingerprint density at radius 1 is 1.29 bits per heavy atom. The molecule has 76 valence electrons. The maximum atomic E-state index is 10.1. The predicted octanol–water partition coefficient (Wildman–Crippen LogP) is 2.75. The van der Waals surface area contributed by atoms with E-state index in [0.29, 0.717) is 5.92 Å². The molecule has 1 aromatic heterocycles. The van der Waals surface area contributed by atoms with E-state index in [1.807, 2.05) is 6.07 Å². The number of fused-ring (bicyclic) bond motifs is 1. The second-order valence-corrected chi connectivity index (χ2v) is 4.69. The van der Waals surface area contributed by atoms with E-state index in [-0.39, 0.29) is 6.10 Å². The lowest BCUT2D eigenvalue weighted by Gasteiger charge is -2.06. The molecular formula is C12H16O2. The Bertz CT molecular complexity index is 292. The summed E-state index contributed by atoms with van der Waals surface area (Å²) in [6.45, 7) is 0. The normalized spacial score (nSPS) is 37.6. The molecule has 0 amide bonds. The third-order valence-corrected chi connectivity index (χ3v) is 3.97. The fourth-order valence-corrected chi connectivity index (χ4v) is 3.18. The maximum absolute atomic E-state index is 10.1. The first-order valence-corrected chi connectivity index (χ1v) is 5.58. The molecule has 0 radical (unpaired) electrons. The zero-order valence-electron chi connectivity index (χ0n) is 8.23. The molecule has 2 heteroatoms. The van der Waals surface area contributed by atoms with Crippen molar-refractivity contribution in [1.29, 1.82) is 0 Å². The first kappa shape index (κ1) is 8.54. The van der Waals surface area contributed by atoms with Gasteiger partial charge >= 0.3 is 0 Å². The number of rotatable bonds is 2. The van der Waals surface area contributed by atoms with E-state index >= 15 is 0 Å². The van der Waals surface area contributed by atoms with Crippen LogP contribution < -0.4 is 0 Å². The number of hydrogen-bond donors (Lipinski definition) is 1. The summed E-state index contributed by atoms with van der Waals surface area (Å²) in [5, 5.41) is 10.1. The lowest BCUT2D eigenvalue weighted by Crippen LogP contribution is -2.00. The van der Waals surface area contributed by atoms with Crippen molar-refractivity contribution in [3.8, 4) is 0 Å². The molecule has 2 saturated carbocycles. The molecule has 0 spiro atoms. The third-order valence-electron chi connectivity index (χ3n) is 3.97. The molecule has 1 heterocycles. The summed E-state index contributed by atoms with van der Waals surface area (Å²) in [5.74, 6) is 2.12.